The molecule has 0 spiro atoms. The van der Waals surface area contributed by atoms with Crippen LogP contribution in [-0.4, -0.2) is 35.0 Å². The average Bonchev–Trinajstić information content (AvgIpc) is 3.54. The van der Waals surface area contributed by atoms with E-state index in [2.05, 4.69) is 15.3 Å². The minimum atomic E-state index is -0.980. The number of halogens is 2. The Morgan fingerprint density at radius 3 is 2.90 bits per heavy atom. The lowest BCUT2D eigenvalue weighted by Gasteiger charge is -2.08. The molecule has 2 N–H and O–H groups in total. The normalized spacial score (nSPS) is 17.0. The highest BCUT2D eigenvalue weighted by Crippen LogP contribution is 2.47. The molecule has 1 aliphatic rings. The Morgan fingerprint density at radius 2 is 2.19 bits per heavy atom. The highest BCUT2D eigenvalue weighted by molar-refractivity contribution is 7.98. The van der Waals surface area contributed by atoms with E-state index in [0.717, 1.165) is 17.8 Å². The molecule has 0 aliphatic heterocycles. The molecule has 1 aliphatic carbocycles. The highest BCUT2D eigenvalue weighted by atomic mass is 32.2. The Bertz CT molecular complexity index is 1120. The van der Waals surface area contributed by atoms with E-state index in [1.165, 1.54) is 12.1 Å². The maximum atomic E-state index is 13.8. The van der Waals surface area contributed by atoms with Gasteiger partial charge in [-0.25, -0.2) is 13.8 Å². The van der Waals surface area contributed by atoms with Crippen molar-refractivity contribution >= 4 is 23.6 Å². The van der Waals surface area contributed by atoms with E-state index in [9.17, 15) is 28.4 Å². The van der Waals surface area contributed by atoms with Gasteiger partial charge < -0.3 is 15.0 Å². The van der Waals surface area contributed by atoms with Crippen LogP contribution in [0.4, 0.5) is 8.78 Å². The van der Waals surface area contributed by atoms with E-state index in [1.54, 1.807) is 13.0 Å². The smallest absolute Gasteiger partial charge is 0.325 e. The molecule has 0 saturated heterocycles. The monoisotopic (exact) mass is 448 g/mol. The molecule has 1 aromatic carbocycles. The molecular formula is C20H18F2N4O4S. The van der Waals surface area contributed by atoms with E-state index >= 15 is 0 Å². The Kier molecular flexibility index (Phi) is 7.02. The quantitative estimate of drug-likeness (QED) is 0.359. The maximum absolute atomic E-state index is 13.8. The van der Waals surface area contributed by atoms with Crippen LogP contribution in [0.3, 0.4) is 0 Å². The van der Waals surface area contributed by atoms with Gasteiger partial charge in [0.2, 0.25) is 5.91 Å². The third-order valence-electron chi connectivity index (χ3n) is 4.62. The number of carbonyl (C=O) groups excluding carboxylic acids is 2. The highest BCUT2D eigenvalue weighted by Gasteiger charge is 2.46. The number of nitriles is 1. The summed E-state index contributed by atoms with van der Waals surface area (Å²) in [4.78, 5) is 42.7. The first-order chi connectivity index (χ1) is 14.8. The van der Waals surface area contributed by atoms with Crippen LogP contribution in [-0.2, 0) is 20.1 Å². The van der Waals surface area contributed by atoms with Gasteiger partial charge in [0.15, 0.2) is 16.8 Å². The summed E-state index contributed by atoms with van der Waals surface area (Å²) in [6.07, 6.45) is 0.364. The Morgan fingerprint density at radius 1 is 1.42 bits per heavy atom. The van der Waals surface area contributed by atoms with Crippen molar-refractivity contribution < 1.29 is 23.1 Å². The van der Waals surface area contributed by atoms with Crippen molar-refractivity contribution in [2.75, 3.05) is 13.2 Å². The van der Waals surface area contributed by atoms with E-state index in [-0.39, 0.29) is 40.9 Å². The number of esters is 1. The van der Waals surface area contributed by atoms with Gasteiger partial charge in [0.1, 0.15) is 18.2 Å². The summed E-state index contributed by atoms with van der Waals surface area (Å²) < 4.78 is 31.9. The van der Waals surface area contributed by atoms with Gasteiger partial charge in [-0.05, 0) is 19.4 Å². The minimum absolute atomic E-state index is 0.00595. The first-order valence-electron chi connectivity index (χ1n) is 9.39. The largest absolute Gasteiger partial charge is 0.465 e. The first kappa shape index (κ1) is 22.4. The van der Waals surface area contributed by atoms with Crippen LogP contribution in [0, 0.1) is 28.9 Å². The molecule has 1 amide bonds. The van der Waals surface area contributed by atoms with Crippen molar-refractivity contribution in [1.29, 1.82) is 5.26 Å². The summed E-state index contributed by atoms with van der Waals surface area (Å²) in [5.41, 5.74) is -0.606. The Balaban J connectivity index is 1.72. The van der Waals surface area contributed by atoms with Gasteiger partial charge in [-0.15, -0.1) is 0 Å². The lowest BCUT2D eigenvalue weighted by atomic mass is 10.1. The average molecular weight is 448 g/mol. The van der Waals surface area contributed by atoms with Crippen LogP contribution in [0.25, 0.3) is 0 Å². The zero-order valence-corrected chi connectivity index (χ0v) is 17.2. The van der Waals surface area contributed by atoms with Crippen LogP contribution < -0.4 is 10.9 Å². The molecule has 11 heteroatoms. The summed E-state index contributed by atoms with van der Waals surface area (Å²) in [5.74, 6) is -3.91. The number of aromatic nitrogens is 2. The molecule has 8 nitrogen and oxygen atoms in total. The van der Waals surface area contributed by atoms with Crippen LogP contribution in [0.1, 0.15) is 36.1 Å². The molecule has 2 aromatic rings. The third kappa shape index (κ3) is 5.27. The second-order valence-electron chi connectivity index (χ2n) is 6.72. The maximum Gasteiger partial charge on any atom is 0.325 e. The summed E-state index contributed by atoms with van der Waals surface area (Å²) in [6, 6.07) is 5.59. The first-order valence-corrected chi connectivity index (χ1v) is 10.4. The second-order valence-corrected chi connectivity index (χ2v) is 7.68. The second kappa shape index (κ2) is 9.70. The lowest BCUT2D eigenvalue weighted by molar-refractivity contribution is -0.143. The van der Waals surface area contributed by atoms with Gasteiger partial charge in [-0.1, -0.05) is 23.9 Å². The number of nitrogens with one attached hydrogen (secondary N) is 2. The number of aromatic amines is 1. The molecule has 0 bridgehead atoms. The molecule has 31 heavy (non-hydrogen) atoms. The predicted molar refractivity (Wildman–Crippen MR) is 106 cm³/mol. The molecule has 0 radical (unpaired) electrons. The summed E-state index contributed by atoms with van der Waals surface area (Å²) in [7, 11) is 0. The third-order valence-corrected chi connectivity index (χ3v) is 5.55. The molecule has 1 heterocycles. The minimum Gasteiger partial charge on any atom is -0.465 e. The molecule has 3 rings (SSSR count). The molecule has 162 valence electrons. The van der Waals surface area contributed by atoms with Crippen molar-refractivity contribution in [3.63, 3.8) is 0 Å². The molecule has 0 unspecified atom stereocenters. The fraction of sp³-hybridized carbons (Fsp3) is 0.350. The number of hydrogen-bond acceptors (Lipinski definition) is 7. The summed E-state index contributed by atoms with van der Waals surface area (Å²) >= 11 is 0.974. The number of thioether (sulfide) groups is 1. The molecule has 1 saturated carbocycles. The van der Waals surface area contributed by atoms with Gasteiger partial charge in [0.25, 0.3) is 5.56 Å². The molecular weight excluding hydrogens is 430 g/mol. The predicted octanol–water partition coefficient (Wildman–Crippen LogP) is 1.99. The van der Waals surface area contributed by atoms with Gasteiger partial charge >= 0.3 is 5.97 Å². The number of hydrogen-bond donors (Lipinski definition) is 2. The zero-order chi connectivity index (χ0) is 22.5. The number of nitrogens with zero attached hydrogens (tertiary/aromatic N) is 2. The summed E-state index contributed by atoms with van der Waals surface area (Å²) in [6.45, 7) is 1.57. The van der Waals surface area contributed by atoms with Crippen LogP contribution >= 0.6 is 11.8 Å². The van der Waals surface area contributed by atoms with Gasteiger partial charge in [0.05, 0.1) is 12.3 Å². The Labute approximate surface area is 180 Å². The van der Waals surface area contributed by atoms with Crippen molar-refractivity contribution in [1.82, 2.24) is 15.3 Å². The van der Waals surface area contributed by atoms with Crippen LogP contribution in [0.15, 0.2) is 28.2 Å². The lowest BCUT2D eigenvalue weighted by Crippen LogP contribution is -2.32. The van der Waals surface area contributed by atoms with E-state index in [1.807, 2.05) is 0 Å². The number of carbonyl (C=O) groups is 2. The van der Waals surface area contributed by atoms with Crippen molar-refractivity contribution in [2.45, 2.75) is 30.2 Å². The SMILES string of the molecule is CCOC(=O)CNC(=O)[C@@H]1C[C@H]1c1nc(SCc2cccc(F)c2F)[nH]c(=O)c1C#N. The Hall–Kier alpha value is -3.26. The van der Waals surface area contributed by atoms with Crippen LogP contribution in [0.2, 0.25) is 0 Å². The zero-order valence-electron chi connectivity index (χ0n) is 16.4. The molecule has 2 atom stereocenters. The fourth-order valence-electron chi connectivity index (χ4n) is 3.01. The van der Waals surface area contributed by atoms with E-state index in [0.29, 0.717) is 6.42 Å². The van der Waals surface area contributed by atoms with Gasteiger partial charge in [-0.2, -0.15) is 5.26 Å². The van der Waals surface area contributed by atoms with Gasteiger partial charge in [-0.3, -0.25) is 14.4 Å². The van der Waals surface area contributed by atoms with Crippen molar-refractivity contribution in [2.24, 2.45) is 5.92 Å². The molecule has 1 aromatic heterocycles. The van der Waals surface area contributed by atoms with Crippen LogP contribution in [0.5, 0.6) is 0 Å². The fourth-order valence-corrected chi connectivity index (χ4v) is 3.85. The van der Waals surface area contributed by atoms with E-state index < -0.39 is 40.9 Å². The standard InChI is InChI=1S/C20H18F2N4O4S/c1-2-30-15(27)8-24-18(28)12-6-11(12)17-13(7-23)19(29)26-20(25-17)31-9-10-4-3-5-14(21)16(10)22/h3-5,11-12H,2,6,8-9H2,1H3,(H,24,28)(H,25,26,29)/t11-,12-/m1/s1. The topological polar surface area (TPSA) is 125 Å². The molecule has 1 fully saturated rings. The van der Waals surface area contributed by atoms with Gasteiger partial charge in [0, 0.05) is 23.2 Å². The van der Waals surface area contributed by atoms with Crippen molar-refractivity contribution in [3.8, 4) is 6.07 Å². The number of ether oxygens (including phenoxy) is 1. The number of H-pyrrole nitrogens is 1. The van der Waals surface area contributed by atoms with E-state index in [4.69, 9.17) is 4.74 Å². The summed E-state index contributed by atoms with van der Waals surface area (Å²) in [5, 5.41) is 11.9. The van der Waals surface area contributed by atoms with Crippen molar-refractivity contribution in [3.05, 3.63) is 57.0 Å². The number of amides is 1. The number of rotatable bonds is 8. The number of benzene rings is 1.